The molecule has 0 radical (unpaired) electrons. The number of nitrogens with one attached hydrogen (secondary N) is 2. The summed E-state index contributed by atoms with van der Waals surface area (Å²) in [6.45, 7) is 8.34. The van der Waals surface area contributed by atoms with Crippen LogP contribution in [0.5, 0.6) is 0 Å². The number of hydrogen-bond acceptors (Lipinski definition) is 5. The monoisotopic (exact) mass is 569 g/mol. The van der Waals surface area contributed by atoms with Crippen LogP contribution in [0.2, 0.25) is 0 Å². The summed E-state index contributed by atoms with van der Waals surface area (Å²) in [5, 5.41) is 15.3. The number of carbonyl (C=O) groups excluding carboxylic acids is 1. The van der Waals surface area contributed by atoms with E-state index in [-0.39, 0.29) is 30.8 Å². The minimum atomic E-state index is -0.552. The second-order valence-electron chi connectivity index (χ2n) is 11.4. The predicted octanol–water partition coefficient (Wildman–Crippen LogP) is 6.72. The van der Waals surface area contributed by atoms with Crippen LogP contribution in [-0.2, 0) is 22.6 Å². The maximum Gasteiger partial charge on any atom is 0.319 e. The average Bonchev–Trinajstić information content (AvgIpc) is 3.57. The Hall–Kier alpha value is -3.49. The lowest BCUT2D eigenvalue weighted by Gasteiger charge is -2.43. The average molecular weight is 570 g/mol. The van der Waals surface area contributed by atoms with Crippen LogP contribution in [-0.4, -0.2) is 41.3 Å². The van der Waals surface area contributed by atoms with Crippen molar-refractivity contribution in [2.45, 2.75) is 70.3 Å². The maximum absolute atomic E-state index is 12.5. The first kappa shape index (κ1) is 30.0. The number of amides is 2. The van der Waals surface area contributed by atoms with Gasteiger partial charge >= 0.3 is 6.03 Å². The maximum atomic E-state index is 12.5. The largest absolute Gasteiger partial charge is 0.392 e. The fourth-order valence-electron chi connectivity index (χ4n) is 6.04. The van der Waals surface area contributed by atoms with Gasteiger partial charge in [0, 0.05) is 42.8 Å². The van der Waals surface area contributed by atoms with E-state index in [2.05, 4.69) is 29.0 Å². The number of hydrogen-bond donors (Lipinski definition) is 3. The van der Waals surface area contributed by atoms with Crippen molar-refractivity contribution < 1.29 is 19.4 Å². The molecule has 4 atom stereocenters. The fraction of sp³-hybridized carbons (Fsp3) is 0.400. The van der Waals surface area contributed by atoms with E-state index >= 15 is 0 Å². The normalized spacial score (nSPS) is 22.6. The molecule has 3 aromatic rings. The predicted molar refractivity (Wildman–Crippen MR) is 166 cm³/mol. The summed E-state index contributed by atoms with van der Waals surface area (Å²) in [5.74, 6) is 0.115. The van der Waals surface area contributed by atoms with Crippen molar-refractivity contribution in [1.29, 1.82) is 0 Å². The minimum absolute atomic E-state index is 0.0122. The first-order chi connectivity index (χ1) is 20.5. The van der Waals surface area contributed by atoms with Crippen LogP contribution < -0.4 is 10.6 Å². The lowest BCUT2D eigenvalue weighted by Crippen LogP contribution is -2.47. The second-order valence-corrected chi connectivity index (χ2v) is 11.4. The summed E-state index contributed by atoms with van der Waals surface area (Å²) in [4.78, 5) is 15.0. The molecule has 2 fully saturated rings. The van der Waals surface area contributed by atoms with Crippen molar-refractivity contribution in [1.82, 2.24) is 10.2 Å². The van der Waals surface area contributed by atoms with Gasteiger partial charge in [-0.1, -0.05) is 92.6 Å². The molecule has 1 saturated carbocycles. The molecule has 3 N–H and O–H groups in total. The third kappa shape index (κ3) is 7.66. The molecule has 5 rings (SSSR count). The molecule has 3 aromatic carbocycles. The zero-order chi connectivity index (χ0) is 29.3. The van der Waals surface area contributed by atoms with E-state index in [1.54, 1.807) is 0 Å². The van der Waals surface area contributed by atoms with Gasteiger partial charge in [-0.15, -0.1) is 6.58 Å². The molecular weight excluding hydrogens is 526 g/mol. The summed E-state index contributed by atoms with van der Waals surface area (Å²) in [7, 11) is 0. The van der Waals surface area contributed by atoms with Gasteiger partial charge in [-0.25, -0.2) is 4.79 Å². The second kappa shape index (κ2) is 14.6. The van der Waals surface area contributed by atoms with Crippen molar-refractivity contribution in [2.75, 3.05) is 18.4 Å². The first-order valence-electron chi connectivity index (χ1n) is 15.1. The van der Waals surface area contributed by atoms with Gasteiger partial charge in [0.05, 0.1) is 18.8 Å². The van der Waals surface area contributed by atoms with Crippen molar-refractivity contribution in [3.8, 4) is 0 Å². The number of ether oxygens (including phenoxy) is 2. The van der Waals surface area contributed by atoms with E-state index in [0.717, 1.165) is 35.3 Å². The summed E-state index contributed by atoms with van der Waals surface area (Å²) in [6, 6.07) is 25.8. The molecule has 42 heavy (non-hydrogen) atoms. The molecule has 7 nitrogen and oxygen atoms in total. The highest BCUT2D eigenvalue weighted by Gasteiger charge is 2.40. The van der Waals surface area contributed by atoms with Gasteiger partial charge in [0.2, 0.25) is 0 Å². The number of aliphatic hydroxyl groups excluding tert-OH is 1. The number of urea groups is 1. The zero-order valence-corrected chi connectivity index (χ0v) is 24.5. The molecule has 1 saturated heterocycles. The van der Waals surface area contributed by atoms with E-state index < -0.39 is 6.29 Å². The van der Waals surface area contributed by atoms with Gasteiger partial charge in [-0.2, -0.15) is 0 Å². The third-order valence-electron chi connectivity index (χ3n) is 8.48. The van der Waals surface area contributed by atoms with Crippen LogP contribution in [0.25, 0.3) is 0 Å². The third-order valence-corrected chi connectivity index (χ3v) is 8.48. The van der Waals surface area contributed by atoms with Gasteiger partial charge in [0.15, 0.2) is 6.29 Å². The van der Waals surface area contributed by atoms with E-state index in [0.29, 0.717) is 18.3 Å². The highest BCUT2D eigenvalue weighted by Crippen LogP contribution is 2.42. The summed E-state index contributed by atoms with van der Waals surface area (Å²) >= 11 is 0. The first-order valence-corrected chi connectivity index (χ1v) is 15.1. The Morgan fingerprint density at radius 3 is 2.31 bits per heavy atom. The lowest BCUT2D eigenvalue weighted by atomic mass is 9.89. The number of rotatable bonds is 11. The molecule has 1 aliphatic carbocycles. The van der Waals surface area contributed by atoms with Gasteiger partial charge in [-0.3, -0.25) is 4.90 Å². The Morgan fingerprint density at radius 2 is 1.64 bits per heavy atom. The van der Waals surface area contributed by atoms with Gasteiger partial charge in [-0.05, 0) is 41.7 Å². The minimum Gasteiger partial charge on any atom is -0.392 e. The molecule has 1 aliphatic heterocycles. The van der Waals surface area contributed by atoms with Gasteiger partial charge < -0.3 is 25.2 Å². The van der Waals surface area contributed by atoms with Crippen molar-refractivity contribution in [3.63, 3.8) is 0 Å². The van der Waals surface area contributed by atoms with Crippen LogP contribution >= 0.6 is 0 Å². The number of aliphatic hydroxyl groups is 1. The fourth-order valence-corrected chi connectivity index (χ4v) is 6.04. The Bertz CT molecular complexity index is 1280. The van der Waals surface area contributed by atoms with E-state index in [9.17, 15) is 9.90 Å². The van der Waals surface area contributed by atoms with Gasteiger partial charge in [0.25, 0.3) is 0 Å². The van der Waals surface area contributed by atoms with Crippen molar-refractivity contribution >= 4 is 11.7 Å². The van der Waals surface area contributed by atoms with E-state index in [1.807, 2.05) is 84.9 Å². The molecule has 0 aromatic heterocycles. The highest BCUT2D eigenvalue weighted by atomic mass is 16.7. The molecule has 0 bridgehead atoms. The lowest BCUT2D eigenvalue weighted by molar-refractivity contribution is -0.276. The number of benzene rings is 3. The van der Waals surface area contributed by atoms with Crippen LogP contribution in [0.4, 0.5) is 10.5 Å². The quantitative estimate of drug-likeness (QED) is 0.223. The molecule has 7 heteroatoms. The molecule has 0 unspecified atom stereocenters. The smallest absolute Gasteiger partial charge is 0.319 e. The number of nitrogens with zero attached hydrogens (tertiary/aromatic N) is 1. The Morgan fingerprint density at radius 1 is 0.952 bits per heavy atom. The summed E-state index contributed by atoms with van der Waals surface area (Å²) < 4.78 is 13.3. The van der Waals surface area contributed by atoms with Gasteiger partial charge in [0.1, 0.15) is 0 Å². The molecule has 0 spiro atoms. The van der Waals surface area contributed by atoms with Crippen molar-refractivity contribution in [3.05, 3.63) is 114 Å². The standard InChI is InChI=1S/C35H43N3O4/c1-3-21-38(31-11-7-8-12-31)23-32-25(2)33(28-15-13-27(24-39)14-16-28)42-34(41-32)29-17-19-30(20-18-29)37-35(40)36-22-26-9-5-4-6-10-26/h3-6,9-10,13-20,25,31-34,39H,1,7-8,11-12,21-24H2,2H3,(H2,36,37,40)/t25-,32+,33+,34+/m1/s1. The van der Waals surface area contributed by atoms with E-state index in [1.165, 1.54) is 25.7 Å². The Balaban J connectivity index is 1.30. The molecular formula is C35H43N3O4. The molecule has 1 heterocycles. The molecule has 2 aliphatic rings. The van der Waals surface area contributed by atoms with Crippen LogP contribution in [0.1, 0.15) is 67.3 Å². The SMILES string of the molecule is C=CCN(C[C@@H]1O[C@H](c2ccc(NC(=O)NCc3ccccc3)cc2)O[C@H](c2ccc(CO)cc2)[C@@H]1C)C1CCCC1. The summed E-state index contributed by atoms with van der Waals surface area (Å²) in [5.41, 5.74) is 4.58. The van der Waals surface area contributed by atoms with Crippen LogP contribution in [0, 0.1) is 5.92 Å². The van der Waals surface area contributed by atoms with Crippen LogP contribution in [0.3, 0.4) is 0 Å². The number of carbonyl (C=O) groups is 1. The zero-order valence-electron chi connectivity index (χ0n) is 24.5. The Kier molecular flexibility index (Phi) is 10.4. The Labute approximate surface area is 249 Å². The number of anilines is 1. The highest BCUT2D eigenvalue weighted by molar-refractivity contribution is 5.89. The van der Waals surface area contributed by atoms with Crippen LogP contribution in [0.15, 0.2) is 91.5 Å². The van der Waals surface area contributed by atoms with Crippen molar-refractivity contribution in [2.24, 2.45) is 5.92 Å². The van der Waals surface area contributed by atoms with E-state index in [4.69, 9.17) is 9.47 Å². The topological polar surface area (TPSA) is 83.1 Å². The molecule has 2 amide bonds. The summed E-state index contributed by atoms with van der Waals surface area (Å²) in [6.07, 6.45) is 6.20. The molecule has 222 valence electrons.